The van der Waals surface area contributed by atoms with Crippen molar-refractivity contribution in [2.75, 3.05) is 26.2 Å². The Labute approximate surface area is 87.7 Å². The maximum atomic E-state index is 11.6. The number of amides is 2. The minimum absolute atomic E-state index is 0.0981. The zero-order chi connectivity index (χ0) is 10.7. The zero-order valence-corrected chi connectivity index (χ0v) is 8.39. The Kier molecular flexibility index (Phi) is 2.61. The van der Waals surface area contributed by atoms with Crippen molar-refractivity contribution in [2.24, 2.45) is 5.73 Å². The molecule has 0 aliphatic carbocycles. The van der Waals surface area contributed by atoms with Gasteiger partial charge in [0.05, 0.1) is 6.20 Å². The average molecular weight is 208 g/mol. The van der Waals surface area contributed by atoms with Crippen LogP contribution in [0.2, 0.25) is 0 Å². The first-order valence-corrected chi connectivity index (χ1v) is 4.90. The van der Waals surface area contributed by atoms with Crippen molar-refractivity contribution in [3.8, 4) is 0 Å². The Hall–Kier alpha value is -1.53. The van der Waals surface area contributed by atoms with Gasteiger partial charge in [0.2, 0.25) is 0 Å². The molecule has 0 aromatic carbocycles. The lowest BCUT2D eigenvalue weighted by Gasteiger charge is -2.35. The summed E-state index contributed by atoms with van der Waals surface area (Å²) >= 11 is 0. The van der Waals surface area contributed by atoms with Crippen LogP contribution in [-0.4, -0.2) is 42.2 Å². The molecule has 80 valence electrons. The summed E-state index contributed by atoms with van der Waals surface area (Å²) in [4.78, 5) is 19.7. The molecular formula is C9H14N5O+. The largest absolute Gasteiger partial charge is 0.420 e. The van der Waals surface area contributed by atoms with E-state index >= 15 is 0 Å². The fraction of sp³-hybridized carbons (Fsp3) is 0.444. The van der Waals surface area contributed by atoms with Crippen LogP contribution in [0.4, 0.5) is 10.6 Å². The first kappa shape index (κ1) is 10.0. The molecule has 0 saturated carbocycles. The Bertz CT molecular complexity index is 347. The molecule has 1 aromatic heterocycles. The number of urea groups is 1. The average Bonchev–Trinajstić information content (AvgIpc) is 2.31. The minimum Gasteiger partial charge on any atom is -0.319 e. The van der Waals surface area contributed by atoms with E-state index in [4.69, 9.17) is 5.73 Å². The lowest BCUT2D eigenvalue weighted by Crippen LogP contribution is -2.65. The lowest BCUT2D eigenvalue weighted by atomic mass is 10.3. The van der Waals surface area contributed by atoms with E-state index in [1.54, 1.807) is 18.6 Å². The zero-order valence-electron chi connectivity index (χ0n) is 8.39. The summed E-state index contributed by atoms with van der Waals surface area (Å²) in [5.74, 6) is 0.631. The van der Waals surface area contributed by atoms with E-state index in [9.17, 15) is 4.79 Å². The molecule has 2 rings (SSSR count). The summed E-state index contributed by atoms with van der Waals surface area (Å²) in [5, 5.41) is 3.19. The van der Waals surface area contributed by atoms with Gasteiger partial charge in [-0.1, -0.05) is 0 Å². The molecule has 6 heteroatoms. The molecule has 0 spiro atoms. The number of piperazine rings is 1. The van der Waals surface area contributed by atoms with Crippen LogP contribution < -0.4 is 15.5 Å². The van der Waals surface area contributed by atoms with Gasteiger partial charge >= 0.3 is 6.03 Å². The molecule has 0 radical (unpaired) electrons. The van der Waals surface area contributed by atoms with Gasteiger partial charge in [-0.05, 0) is 0 Å². The molecule has 2 heterocycles. The molecule has 0 atom stereocenters. The molecule has 0 unspecified atom stereocenters. The van der Waals surface area contributed by atoms with Crippen LogP contribution in [0.25, 0.3) is 0 Å². The predicted molar refractivity (Wildman–Crippen MR) is 56.0 cm³/mol. The van der Waals surface area contributed by atoms with E-state index in [0.29, 0.717) is 18.9 Å². The quantitative estimate of drug-likeness (QED) is 0.608. The van der Waals surface area contributed by atoms with E-state index in [1.807, 2.05) is 0 Å². The number of hydrogen-bond donors (Lipinski definition) is 2. The van der Waals surface area contributed by atoms with Gasteiger partial charge in [0.1, 0.15) is 19.3 Å². The van der Waals surface area contributed by atoms with Crippen molar-refractivity contribution in [3.63, 3.8) is 0 Å². The fourth-order valence-corrected chi connectivity index (χ4v) is 1.85. The number of carbonyl (C=O) groups excluding carboxylic acids is 1. The number of primary amides is 1. The number of carbonyl (C=O) groups is 1. The monoisotopic (exact) mass is 208 g/mol. The molecule has 0 bridgehead atoms. The highest BCUT2D eigenvalue weighted by Crippen LogP contribution is 2.19. The second-order valence-corrected chi connectivity index (χ2v) is 3.57. The molecule has 1 aliphatic heterocycles. The van der Waals surface area contributed by atoms with Crippen LogP contribution in [0, 0.1) is 0 Å². The van der Waals surface area contributed by atoms with Gasteiger partial charge < -0.3 is 11.1 Å². The summed E-state index contributed by atoms with van der Waals surface area (Å²) in [7, 11) is 0. The van der Waals surface area contributed by atoms with E-state index in [2.05, 4.69) is 15.3 Å². The number of nitrogens with one attached hydrogen (secondary N) is 1. The molecule has 3 N–H and O–H groups in total. The van der Waals surface area contributed by atoms with Crippen LogP contribution in [0.3, 0.4) is 0 Å². The van der Waals surface area contributed by atoms with Crippen molar-refractivity contribution in [2.45, 2.75) is 0 Å². The summed E-state index contributed by atoms with van der Waals surface area (Å²) in [6, 6.07) is -0.364. The number of rotatable bonds is 1. The van der Waals surface area contributed by atoms with Gasteiger partial charge in [-0.25, -0.2) is 9.78 Å². The Balaban J connectivity index is 2.38. The first-order valence-electron chi connectivity index (χ1n) is 4.90. The van der Waals surface area contributed by atoms with E-state index in [0.717, 1.165) is 13.1 Å². The van der Waals surface area contributed by atoms with E-state index in [1.165, 1.54) is 0 Å². The molecule has 15 heavy (non-hydrogen) atoms. The van der Waals surface area contributed by atoms with Crippen LogP contribution in [0.5, 0.6) is 0 Å². The molecule has 1 fully saturated rings. The second-order valence-electron chi connectivity index (χ2n) is 3.57. The molecule has 6 nitrogen and oxygen atoms in total. The maximum absolute atomic E-state index is 11.6. The number of hydrogen-bond acceptors (Lipinski definition) is 4. The van der Waals surface area contributed by atoms with Gasteiger partial charge in [0.15, 0.2) is 0 Å². The molecule has 2 amide bonds. The van der Waals surface area contributed by atoms with Crippen molar-refractivity contribution < 1.29 is 4.79 Å². The first-order chi connectivity index (χ1) is 7.26. The normalized spacial score (nSPS) is 19.7. The third kappa shape index (κ3) is 1.69. The summed E-state index contributed by atoms with van der Waals surface area (Å²) < 4.78 is 0.0981. The van der Waals surface area contributed by atoms with E-state index in [-0.39, 0.29) is 10.5 Å². The van der Waals surface area contributed by atoms with Crippen molar-refractivity contribution >= 4 is 11.8 Å². The highest BCUT2D eigenvalue weighted by Gasteiger charge is 2.40. The minimum atomic E-state index is -0.364. The standard InChI is InChI=1S/C9H13N5O/c10-9(15)14(5-3-11-4-6-14)8-7-12-1-2-13-8/h1-2,7,11H,3-6H2,(H-,10,15)/p+1. The number of aromatic nitrogens is 2. The van der Waals surface area contributed by atoms with Crippen molar-refractivity contribution in [3.05, 3.63) is 18.6 Å². The van der Waals surface area contributed by atoms with Crippen molar-refractivity contribution in [1.29, 1.82) is 0 Å². The van der Waals surface area contributed by atoms with Crippen molar-refractivity contribution in [1.82, 2.24) is 19.8 Å². The van der Waals surface area contributed by atoms with E-state index < -0.39 is 0 Å². The van der Waals surface area contributed by atoms with Crippen LogP contribution in [-0.2, 0) is 0 Å². The highest BCUT2D eigenvalue weighted by atomic mass is 16.2. The highest BCUT2D eigenvalue weighted by molar-refractivity contribution is 5.84. The van der Waals surface area contributed by atoms with Crippen LogP contribution in [0.1, 0.15) is 0 Å². The predicted octanol–water partition coefficient (Wildman–Crippen LogP) is -0.534. The Morgan fingerprint density at radius 3 is 2.67 bits per heavy atom. The van der Waals surface area contributed by atoms with Crippen LogP contribution >= 0.6 is 0 Å². The molecule has 1 aliphatic rings. The third-order valence-electron chi connectivity index (χ3n) is 2.75. The Morgan fingerprint density at radius 1 is 1.40 bits per heavy atom. The SMILES string of the molecule is NC(=O)[N+]1(c2cnccn2)CCNCC1. The van der Waals surface area contributed by atoms with Gasteiger partial charge in [0.25, 0.3) is 5.82 Å². The van der Waals surface area contributed by atoms with Gasteiger partial charge in [0, 0.05) is 19.3 Å². The number of quaternary nitrogens is 1. The third-order valence-corrected chi connectivity index (χ3v) is 2.75. The molecule has 1 saturated heterocycles. The topological polar surface area (TPSA) is 80.9 Å². The second kappa shape index (κ2) is 3.92. The Morgan fingerprint density at radius 2 is 2.13 bits per heavy atom. The maximum Gasteiger partial charge on any atom is 0.420 e. The molecule has 1 aromatic rings. The smallest absolute Gasteiger partial charge is 0.319 e. The summed E-state index contributed by atoms with van der Waals surface area (Å²) in [6.45, 7) is 2.79. The van der Waals surface area contributed by atoms with Gasteiger partial charge in [-0.2, -0.15) is 4.48 Å². The summed E-state index contributed by atoms with van der Waals surface area (Å²) in [6.07, 6.45) is 4.78. The van der Waals surface area contributed by atoms with Gasteiger partial charge in [-0.15, -0.1) is 0 Å². The fourth-order valence-electron chi connectivity index (χ4n) is 1.85. The molecular weight excluding hydrogens is 194 g/mol. The lowest BCUT2D eigenvalue weighted by molar-refractivity contribution is 0.198. The number of nitrogens with two attached hydrogens (primary N) is 1. The number of nitrogens with zero attached hydrogens (tertiary/aromatic N) is 3. The van der Waals surface area contributed by atoms with Crippen LogP contribution in [0.15, 0.2) is 18.6 Å². The van der Waals surface area contributed by atoms with Gasteiger partial charge in [-0.3, -0.25) is 4.98 Å². The summed E-state index contributed by atoms with van der Waals surface area (Å²) in [5.41, 5.74) is 5.47.